The number of nitrogens with zero attached hydrogens (tertiary/aromatic N) is 2. The molecule has 2 fully saturated rings. The molecule has 25 heavy (non-hydrogen) atoms. The molecule has 2 aliphatic carbocycles. The van der Waals surface area contributed by atoms with Crippen LogP contribution in [0.15, 0.2) is 12.2 Å². The lowest BCUT2D eigenvalue weighted by molar-refractivity contribution is -0.147. The number of imide groups is 1. The number of hydrogen-bond acceptors (Lipinski definition) is 4. The summed E-state index contributed by atoms with van der Waals surface area (Å²) in [4.78, 5) is 52.1. The van der Waals surface area contributed by atoms with Gasteiger partial charge in [-0.3, -0.25) is 24.1 Å². The van der Waals surface area contributed by atoms with Gasteiger partial charge in [0.1, 0.15) is 6.54 Å². The van der Waals surface area contributed by atoms with Crippen LogP contribution in [0.4, 0.5) is 0 Å². The molecule has 0 aromatic carbocycles. The molecule has 136 valence electrons. The van der Waals surface area contributed by atoms with Gasteiger partial charge < -0.3 is 10.2 Å². The van der Waals surface area contributed by atoms with E-state index in [1.165, 1.54) is 4.90 Å². The van der Waals surface area contributed by atoms with Crippen LogP contribution in [0.2, 0.25) is 0 Å². The first-order valence-electron chi connectivity index (χ1n) is 8.94. The summed E-state index contributed by atoms with van der Waals surface area (Å²) in [5.74, 6) is -1.42. The van der Waals surface area contributed by atoms with E-state index in [1.807, 2.05) is 26.0 Å². The van der Waals surface area contributed by atoms with E-state index in [1.54, 1.807) is 6.92 Å². The number of amides is 4. The van der Waals surface area contributed by atoms with E-state index in [0.717, 1.165) is 11.3 Å². The maximum absolute atomic E-state index is 12.6. The summed E-state index contributed by atoms with van der Waals surface area (Å²) < 4.78 is 0. The van der Waals surface area contributed by atoms with Gasteiger partial charge in [0, 0.05) is 12.6 Å². The van der Waals surface area contributed by atoms with Gasteiger partial charge in [0.15, 0.2) is 0 Å². The fourth-order valence-corrected chi connectivity index (χ4v) is 4.27. The van der Waals surface area contributed by atoms with Crippen LogP contribution in [0.1, 0.15) is 27.2 Å². The Balaban J connectivity index is 1.63. The van der Waals surface area contributed by atoms with Crippen LogP contribution in [0.3, 0.4) is 0 Å². The molecular weight excluding hydrogens is 322 g/mol. The standard InChI is InChI=1S/C18H25N3O4/c1-4-20(8-13(22)19-10(2)3)14(23)9-21-17(24)15-11-5-6-12(7-11)16(15)18(21)25/h5-6,10-12,15-16H,4,7-9H2,1-3H3,(H,19,22)/t11-,12+,15-,16+. The van der Waals surface area contributed by atoms with Crippen LogP contribution < -0.4 is 5.32 Å². The first kappa shape index (κ1) is 17.6. The van der Waals surface area contributed by atoms with Gasteiger partial charge in [-0.1, -0.05) is 12.2 Å². The summed E-state index contributed by atoms with van der Waals surface area (Å²) >= 11 is 0. The van der Waals surface area contributed by atoms with Crippen molar-refractivity contribution in [2.75, 3.05) is 19.6 Å². The van der Waals surface area contributed by atoms with Gasteiger partial charge in [-0.05, 0) is 39.0 Å². The Kier molecular flexibility index (Phi) is 4.67. The quantitative estimate of drug-likeness (QED) is 0.548. The maximum atomic E-state index is 12.6. The second-order valence-electron chi connectivity index (χ2n) is 7.39. The van der Waals surface area contributed by atoms with Crippen LogP contribution in [-0.2, 0) is 19.2 Å². The highest BCUT2D eigenvalue weighted by molar-refractivity contribution is 6.08. The van der Waals surface area contributed by atoms with Crippen molar-refractivity contribution in [3.05, 3.63) is 12.2 Å². The monoisotopic (exact) mass is 347 g/mol. The second-order valence-corrected chi connectivity index (χ2v) is 7.39. The van der Waals surface area contributed by atoms with Gasteiger partial charge >= 0.3 is 0 Å². The van der Waals surface area contributed by atoms with Crippen molar-refractivity contribution < 1.29 is 19.2 Å². The highest BCUT2D eigenvalue weighted by Crippen LogP contribution is 2.52. The van der Waals surface area contributed by atoms with Crippen LogP contribution >= 0.6 is 0 Å². The van der Waals surface area contributed by atoms with Crippen molar-refractivity contribution in [1.82, 2.24) is 15.1 Å². The number of hydrogen-bond donors (Lipinski definition) is 1. The van der Waals surface area contributed by atoms with E-state index < -0.39 is 0 Å². The molecule has 0 aromatic heterocycles. The van der Waals surface area contributed by atoms with Crippen molar-refractivity contribution in [3.8, 4) is 0 Å². The molecule has 1 N–H and O–H groups in total. The Hall–Kier alpha value is -2.18. The molecule has 3 aliphatic rings. The van der Waals surface area contributed by atoms with Crippen molar-refractivity contribution in [2.45, 2.75) is 33.2 Å². The average molecular weight is 347 g/mol. The zero-order valence-electron chi connectivity index (χ0n) is 14.9. The van der Waals surface area contributed by atoms with Gasteiger partial charge in [-0.2, -0.15) is 0 Å². The second kappa shape index (κ2) is 6.61. The van der Waals surface area contributed by atoms with Crippen molar-refractivity contribution in [2.24, 2.45) is 23.7 Å². The van der Waals surface area contributed by atoms with Gasteiger partial charge in [-0.25, -0.2) is 0 Å². The largest absolute Gasteiger partial charge is 0.352 e. The fourth-order valence-electron chi connectivity index (χ4n) is 4.27. The van der Waals surface area contributed by atoms with E-state index >= 15 is 0 Å². The zero-order chi connectivity index (χ0) is 18.3. The van der Waals surface area contributed by atoms with Crippen molar-refractivity contribution in [3.63, 3.8) is 0 Å². The summed E-state index contributed by atoms with van der Waals surface area (Å²) in [6.45, 7) is 5.47. The van der Waals surface area contributed by atoms with Gasteiger partial charge in [0.05, 0.1) is 18.4 Å². The predicted octanol–water partition coefficient (Wildman–Crippen LogP) is 0.167. The first-order valence-corrected chi connectivity index (χ1v) is 8.94. The van der Waals surface area contributed by atoms with Crippen LogP contribution in [-0.4, -0.2) is 59.1 Å². The first-order chi connectivity index (χ1) is 11.8. The molecule has 4 amide bonds. The Morgan fingerprint density at radius 1 is 1.20 bits per heavy atom. The third kappa shape index (κ3) is 3.07. The third-order valence-electron chi connectivity index (χ3n) is 5.37. The number of carbonyl (C=O) groups excluding carboxylic acids is 4. The Morgan fingerprint density at radius 3 is 2.24 bits per heavy atom. The van der Waals surface area contributed by atoms with Gasteiger partial charge in [0.25, 0.3) is 0 Å². The highest BCUT2D eigenvalue weighted by atomic mass is 16.2. The highest BCUT2D eigenvalue weighted by Gasteiger charge is 2.59. The number of nitrogens with one attached hydrogen (secondary N) is 1. The molecule has 1 aliphatic heterocycles. The minimum Gasteiger partial charge on any atom is -0.352 e. The molecule has 0 unspecified atom stereocenters. The molecule has 4 atom stereocenters. The smallest absolute Gasteiger partial charge is 0.243 e. The molecule has 0 radical (unpaired) electrons. The Labute approximate surface area is 147 Å². The number of carbonyl (C=O) groups is 4. The van der Waals surface area contributed by atoms with Crippen LogP contribution in [0.25, 0.3) is 0 Å². The Bertz CT molecular complexity index is 612. The van der Waals surface area contributed by atoms with Gasteiger partial charge in [0.2, 0.25) is 23.6 Å². The zero-order valence-corrected chi connectivity index (χ0v) is 14.9. The average Bonchev–Trinajstić information content (AvgIpc) is 3.21. The maximum Gasteiger partial charge on any atom is 0.243 e. The summed E-state index contributed by atoms with van der Waals surface area (Å²) in [5, 5.41) is 2.74. The summed E-state index contributed by atoms with van der Waals surface area (Å²) in [7, 11) is 0. The predicted molar refractivity (Wildman–Crippen MR) is 90.0 cm³/mol. The molecule has 0 spiro atoms. The molecular formula is C18H25N3O4. The number of likely N-dealkylation sites (tertiary alicyclic amines) is 1. The summed E-state index contributed by atoms with van der Waals surface area (Å²) in [5.41, 5.74) is 0. The number of likely N-dealkylation sites (N-methyl/N-ethyl adjacent to an activating group) is 1. The summed E-state index contributed by atoms with van der Waals surface area (Å²) in [6, 6.07) is -0.00889. The van der Waals surface area contributed by atoms with E-state index in [2.05, 4.69) is 5.32 Å². The SMILES string of the molecule is CCN(CC(=O)NC(C)C)C(=O)CN1C(=O)[C@@H]2[C@H](C1=O)[C@@H]1C=C[C@H]2C1. The topological polar surface area (TPSA) is 86.8 Å². The van der Waals surface area contributed by atoms with Crippen LogP contribution in [0.5, 0.6) is 0 Å². The fraction of sp³-hybridized carbons (Fsp3) is 0.667. The number of allylic oxidation sites excluding steroid dienone is 2. The van der Waals surface area contributed by atoms with E-state index in [4.69, 9.17) is 0 Å². The molecule has 2 bridgehead atoms. The lowest BCUT2D eigenvalue weighted by Gasteiger charge is -2.24. The lowest BCUT2D eigenvalue weighted by atomic mass is 9.85. The molecule has 0 aromatic rings. The molecule has 1 heterocycles. The minimum absolute atomic E-state index is 0.00889. The minimum atomic E-state index is -0.372. The van der Waals surface area contributed by atoms with Crippen molar-refractivity contribution in [1.29, 1.82) is 0 Å². The molecule has 3 rings (SSSR count). The number of fused-ring (bicyclic) bond motifs is 5. The van der Waals surface area contributed by atoms with E-state index in [9.17, 15) is 19.2 Å². The normalized spacial score (nSPS) is 29.5. The molecule has 7 heteroatoms. The van der Waals surface area contributed by atoms with E-state index in [0.29, 0.717) is 6.54 Å². The Morgan fingerprint density at radius 2 is 1.76 bits per heavy atom. The molecule has 1 saturated heterocycles. The summed E-state index contributed by atoms with van der Waals surface area (Å²) in [6.07, 6.45) is 4.92. The lowest BCUT2D eigenvalue weighted by Crippen LogP contribution is -2.47. The van der Waals surface area contributed by atoms with Gasteiger partial charge in [-0.15, -0.1) is 0 Å². The number of rotatable bonds is 6. The molecule has 1 saturated carbocycles. The van der Waals surface area contributed by atoms with Crippen molar-refractivity contribution >= 4 is 23.6 Å². The van der Waals surface area contributed by atoms with Crippen LogP contribution in [0, 0.1) is 23.7 Å². The third-order valence-corrected chi connectivity index (χ3v) is 5.37. The molecule has 7 nitrogen and oxygen atoms in total. The van der Waals surface area contributed by atoms with E-state index in [-0.39, 0.29) is 66.4 Å².